The molecule has 0 aliphatic rings. The molecule has 3 nitrogen and oxygen atoms in total. The van der Waals surface area contributed by atoms with Crippen LogP contribution in [0.15, 0.2) is 22.7 Å². The van der Waals surface area contributed by atoms with Crippen molar-refractivity contribution in [2.45, 2.75) is 31.9 Å². The third-order valence-electron chi connectivity index (χ3n) is 3.01. The molecule has 0 bridgehead atoms. The lowest BCUT2D eigenvalue weighted by atomic mass is 9.93. The molecule has 5 heteroatoms. The zero-order chi connectivity index (χ0) is 13.1. The van der Waals surface area contributed by atoms with Gasteiger partial charge < -0.3 is 4.74 Å². The maximum Gasteiger partial charge on any atom is 0.0791 e. The number of ether oxygens (including phenoxy) is 1. The second-order valence-corrected chi connectivity index (χ2v) is 5.79. The van der Waals surface area contributed by atoms with Crippen molar-refractivity contribution in [3.05, 3.63) is 33.3 Å². The Labute approximate surface area is 116 Å². The molecule has 1 aromatic rings. The quantitative estimate of drug-likeness (QED) is 0.647. The van der Waals surface area contributed by atoms with E-state index in [9.17, 15) is 0 Å². The topological polar surface area (TPSA) is 47.3 Å². The van der Waals surface area contributed by atoms with Gasteiger partial charge in [0.1, 0.15) is 0 Å². The van der Waals surface area contributed by atoms with Crippen molar-refractivity contribution < 1.29 is 4.74 Å². The number of halogens is 2. The molecule has 0 fully saturated rings. The number of hydrazine groups is 1. The van der Waals surface area contributed by atoms with Crippen molar-refractivity contribution in [2.24, 2.45) is 5.84 Å². The first kappa shape index (κ1) is 14.9. The molecule has 0 aliphatic carbocycles. The summed E-state index contributed by atoms with van der Waals surface area (Å²) in [5.74, 6) is 5.58. The lowest BCUT2D eigenvalue weighted by Gasteiger charge is -2.32. The number of benzene rings is 1. The van der Waals surface area contributed by atoms with Crippen LogP contribution in [0, 0.1) is 0 Å². The van der Waals surface area contributed by atoms with E-state index in [1.54, 1.807) is 7.11 Å². The number of methoxy groups -OCH3 is 1. The molecule has 3 N–H and O–H groups in total. The van der Waals surface area contributed by atoms with E-state index >= 15 is 0 Å². The molecule has 1 rings (SSSR count). The summed E-state index contributed by atoms with van der Waals surface area (Å²) in [6.07, 6.45) is 0.712. The van der Waals surface area contributed by atoms with Gasteiger partial charge in [-0.05, 0) is 38.0 Å². The van der Waals surface area contributed by atoms with Gasteiger partial charge in [-0.2, -0.15) is 0 Å². The molecular formula is C12H18BrClN2O. The largest absolute Gasteiger partial charge is 0.377 e. The van der Waals surface area contributed by atoms with E-state index in [2.05, 4.69) is 21.4 Å². The molecule has 96 valence electrons. The minimum Gasteiger partial charge on any atom is -0.377 e. The van der Waals surface area contributed by atoms with Crippen LogP contribution in [0.1, 0.15) is 19.4 Å². The molecule has 0 aromatic heterocycles. The van der Waals surface area contributed by atoms with Gasteiger partial charge in [0.2, 0.25) is 0 Å². The zero-order valence-corrected chi connectivity index (χ0v) is 12.6. The first-order valence-corrected chi connectivity index (χ1v) is 6.53. The second kappa shape index (κ2) is 6.16. The maximum absolute atomic E-state index is 6.18. The smallest absolute Gasteiger partial charge is 0.0791 e. The summed E-state index contributed by atoms with van der Waals surface area (Å²) >= 11 is 9.57. The summed E-state index contributed by atoms with van der Waals surface area (Å²) in [5.41, 5.74) is 3.48. The Morgan fingerprint density at radius 1 is 1.53 bits per heavy atom. The first-order chi connectivity index (χ1) is 7.90. The molecule has 0 aliphatic heterocycles. The van der Waals surface area contributed by atoms with Crippen LogP contribution in [-0.2, 0) is 11.2 Å². The number of nitrogens with two attached hydrogens (primary N) is 1. The monoisotopic (exact) mass is 320 g/mol. The molecule has 0 heterocycles. The molecule has 0 spiro atoms. The van der Waals surface area contributed by atoms with Crippen molar-refractivity contribution in [1.29, 1.82) is 0 Å². The third-order valence-corrected chi connectivity index (χ3v) is 3.85. The summed E-state index contributed by atoms with van der Waals surface area (Å²) in [6, 6.07) is 5.83. The molecule has 1 unspecified atom stereocenters. The number of nitrogens with one attached hydrogen (secondary N) is 1. The van der Waals surface area contributed by atoms with Crippen LogP contribution in [0.3, 0.4) is 0 Å². The van der Waals surface area contributed by atoms with Crippen LogP contribution in [0.2, 0.25) is 5.02 Å². The van der Waals surface area contributed by atoms with E-state index in [1.807, 2.05) is 32.0 Å². The van der Waals surface area contributed by atoms with E-state index in [1.165, 1.54) is 0 Å². The zero-order valence-electron chi connectivity index (χ0n) is 10.3. The average Bonchev–Trinajstić information content (AvgIpc) is 2.27. The summed E-state index contributed by atoms with van der Waals surface area (Å²) in [4.78, 5) is 0. The highest BCUT2D eigenvalue weighted by Gasteiger charge is 2.28. The summed E-state index contributed by atoms with van der Waals surface area (Å²) in [5, 5.41) is 0.728. The minimum absolute atomic E-state index is 0.00817. The Balaban J connectivity index is 2.88. The van der Waals surface area contributed by atoms with Gasteiger partial charge in [0.05, 0.1) is 11.6 Å². The van der Waals surface area contributed by atoms with E-state index in [4.69, 9.17) is 22.2 Å². The van der Waals surface area contributed by atoms with Crippen molar-refractivity contribution in [3.63, 3.8) is 0 Å². The van der Waals surface area contributed by atoms with Crippen LogP contribution in [0.5, 0.6) is 0 Å². The van der Waals surface area contributed by atoms with E-state index < -0.39 is 0 Å². The van der Waals surface area contributed by atoms with Crippen molar-refractivity contribution >= 4 is 27.5 Å². The van der Waals surface area contributed by atoms with E-state index in [0.717, 1.165) is 15.1 Å². The fourth-order valence-electron chi connectivity index (χ4n) is 1.55. The summed E-state index contributed by atoms with van der Waals surface area (Å²) < 4.78 is 6.40. The Hall–Kier alpha value is -0.130. The van der Waals surface area contributed by atoms with Crippen molar-refractivity contribution in [3.8, 4) is 0 Å². The van der Waals surface area contributed by atoms with Crippen LogP contribution < -0.4 is 11.3 Å². The molecule has 1 aromatic carbocycles. The van der Waals surface area contributed by atoms with Gasteiger partial charge in [-0.25, -0.2) is 0 Å². The fourth-order valence-corrected chi connectivity index (χ4v) is 2.31. The van der Waals surface area contributed by atoms with Crippen LogP contribution >= 0.6 is 27.5 Å². The van der Waals surface area contributed by atoms with Gasteiger partial charge >= 0.3 is 0 Å². The maximum atomic E-state index is 6.18. The standard InChI is InChI=1S/C12H18BrClN2O/c1-12(2,17-3)11(16-15)6-8-4-5-9(13)7-10(8)14/h4-5,7,11,16H,6,15H2,1-3H3. The van der Waals surface area contributed by atoms with Gasteiger partial charge in [-0.3, -0.25) is 11.3 Å². The Morgan fingerprint density at radius 3 is 2.65 bits per heavy atom. The third kappa shape index (κ3) is 3.93. The number of rotatable bonds is 5. The van der Waals surface area contributed by atoms with Crippen LogP contribution in [-0.4, -0.2) is 18.8 Å². The van der Waals surface area contributed by atoms with Crippen LogP contribution in [0.25, 0.3) is 0 Å². The Morgan fingerprint density at radius 2 is 2.18 bits per heavy atom. The molecule has 0 saturated heterocycles. The molecule has 17 heavy (non-hydrogen) atoms. The molecule has 0 amide bonds. The Kier molecular flexibility index (Phi) is 5.41. The summed E-state index contributed by atoms with van der Waals surface area (Å²) in [6.45, 7) is 3.98. The number of hydrogen-bond donors (Lipinski definition) is 2. The van der Waals surface area contributed by atoms with Crippen LogP contribution in [0.4, 0.5) is 0 Å². The normalized spacial score (nSPS) is 13.8. The minimum atomic E-state index is -0.356. The Bertz CT molecular complexity index is 385. The van der Waals surface area contributed by atoms with E-state index in [-0.39, 0.29) is 11.6 Å². The van der Waals surface area contributed by atoms with Gasteiger partial charge in [0.15, 0.2) is 0 Å². The highest BCUT2D eigenvalue weighted by atomic mass is 79.9. The predicted octanol–water partition coefficient (Wildman–Crippen LogP) is 2.90. The lowest BCUT2D eigenvalue weighted by Crippen LogP contribution is -2.52. The fraction of sp³-hybridized carbons (Fsp3) is 0.500. The lowest BCUT2D eigenvalue weighted by molar-refractivity contribution is -0.0101. The highest BCUT2D eigenvalue weighted by molar-refractivity contribution is 9.10. The van der Waals surface area contributed by atoms with Gasteiger partial charge in [0, 0.05) is 16.6 Å². The number of hydrogen-bond acceptors (Lipinski definition) is 3. The molecule has 0 saturated carbocycles. The van der Waals surface area contributed by atoms with Gasteiger partial charge in [-0.1, -0.05) is 33.6 Å². The first-order valence-electron chi connectivity index (χ1n) is 5.36. The predicted molar refractivity (Wildman–Crippen MR) is 75.1 cm³/mol. The molecule has 1 atom stereocenters. The summed E-state index contributed by atoms with van der Waals surface area (Å²) in [7, 11) is 1.67. The highest BCUT2D eigenvalue weighted by Crippen LogP contribution is 2.25. The molecule has 0 radical (unpaired) electrons. The van der Waals surface area contributed by atoms with Gasteiger partial charge in [0.25, 0.3) is 0 Å². The molecular weight excluding hydrogens is 304 g/mol. The van der Waals surface area contributed by atoms with Gasteiger partial charge in [-0.15, -0.1) is 0 Å². The second-order valence-electron chi connectivity index (χ2n) is 4.47. The average molecular weight is 322 g/mol. The SMILES string of the molecule is COC(C)(C)C(Cc1ccc(Br)cc1Cl)NN. The van der Waals surface area contributed by atoms with E-state index in [0.29, 0.717) is 6.42 Å². The van der Waals surface area contributed by atoms with Crippen molar-refractivity contribution in [2.75, 3.05) is 7.11 Å². The van der Waals surface area contributed by atoms with Crippen molar-refractivity contribution in [1.82, 2.24) is 5.43 Å².